The fourth-order valence-electron chi connectivity index (χ4n) is 1.81. The number of rotatable bonds is 0. The third-order valence-corrected chi connectivity index (χ3v) is 2.48. The molecular formula is C11H15NO. The van der Waals surface area contributed by atoms with Crippen LogP contribution in [0.2, 0.25) is 0 Å². The Balaban J connectivity index is 2.43. The summed E-state index contributed by atoms with van der Waals surface area (Å²) in [5.74, 6) is 0.955. The van der Waals surface area contributed by atoms with Crippen LogP contribution in [0.5, 0.6) is 5.75 Å². The van der Waals surface area contributed by atoms with E-state index in [4.69, 9.17) is 10.5 Å². The van der Waals surface area contributed by atoms with Crippen LogP contribution in [0, 0.1) is 6.92 Å². The molecule has 2 rings (SSSR count). The van der Waals surface area contributed by atoms with Gasteiger partial charge in [-0.1, -0.05) is 17.7 Å². The smallest absolute Gasteiger partial charge is 0.124 e. The van der Waals surface area contributed by atoms with Gasteiger partial charge in [0.1, 0.15) is 5.75 Å². The zero-order valence-electron chi connectivity index (χ0n) is 8.08. The molecule has 1 aromatic carbocycles. The van der Waals surface area contributed by atoms with Crippen molar-refractivity contribution in [3.05, 3.63) is 29.3 Å². The quantitative estimate of drug-likeness (QED) is 0.659. The maximum Gasteiger partial charge on any atom is 0.124 e. The van der Waals surface area contributed by atoms with Crippen molar-refractivity contribution in [3.63, 3.8) is 0 Å². The van der Waals surface area contributed by atoms with E-state index in [9.17, 15) is 0 Å². The average Bonchev–Trinajstić information content (AvgIpc) is 2.06. The zero-order chi connectivity index (χ0) is 9.42. The van der Waals surface area contributed by atoms with E-state index in [2.05, 4.69) is 26.0 Å². The maximum absolute atomic E-state index is 6.03. The lowest BCUT2D eigenvalue weighted by atomic mass is 9.96. The first-order valence-corrected chi connectivity index (χ1v) is 4.69. The summed E-state index contributed by atoms with van der Waals surface area (Å²) in [6.07, 6.45) is 1.15. The minimum atomic E-state index is 0.138. The number of fused-ring (bicyclic) bond motifs is 1. The van der Waals surface area contributed by atoms with Gasteiger partial charge in [0.25, 0.3) is 0 Å². The number of aryl methyl sites for hydroxylation is 1. The van der Waals surface area contributed by atoms with Crippen LogP contribution in [0.15, 0.2) is 18.2 Å². The van der Waals surface area contributed by atoms with E-state index in [1.807, 2.05) is 6.07 Å². The first-order chi connectivity index (χ1) is 6.16. The van der Waals surface area contributed by atoms with Crippen LogP contribution in [-0.2, 0) is 0 Å². The Morgan fingerprint density at radius 3 is 3.00 bits per heavy atom. The van der Waals surface area contributed by atoms with Crippen LogP contribution in [-0.4, -0.2) is 6.10 Å². The Morgan fingerprint density at radius 2 is 2.23 bits per heavy atom. The Labute approximate surface area is 78.7 Å². The van der Waals surface area contributed by atoms with Crippen molar-refractivity contribution in [2.24, 2.45) is 5.73 Å². The molecule has 2 unspecified atom stereocenters. The number of hydrogen-bond acceptors (Lipinski definition) is 2. The summed E-state index contributed by atoms with van der Waals surface area (Å²) in [4.78, 5) is 0. The zero-order valence-corrected chi connectivity index (χ0v) is 8.08. The van der Waals surface area contributed by atoms with Crippen molar-refractivity contribution >= 4 is 0 Å². The molecule has 0 amide bonds. The van der Waals surface area contributed by atoms with Crippen molar-refractivity contribution < 1.29 is 4.74 Å². The molecule has 1 heterocycles. The van der Waals surface area contributed by atoms with Gasteiger partial charge >= 0.3 is 0 Å². The lowest BCUT2D eigenvalue weighted by Crippen LogP contribution is -2.27. The van der Waals surface area contributed by atoms with Crippen molar-refractivity contribution in [2.75, 3.05) is 0 Å². The normalized spacial score (nSPS) is 26.4. The minimum Gasteiger partial charge on any atom is -0.490 e. The number of hydrogen-bond donors (Lipinski definition) is 1. The summed E-state index contributed by atoms with van der Waals surface area (Å²) in [5, 5.41) is 0. The van der Waals surface area contributed by atoms with E-state index in [1.165, 1.54) is 5.56 Å². The van der Waals surface area contributed by atoms with Crippen LogP contribution < -0.4 is 10.5 Å². The first-order valence-electron chi connectivity index (χ1n) is 4.69. The second-order valence-corrected chi connectivity index (χ2v) is 3.81. The highest BCUT2D eigenvalue weighted by atomic mass is 16.5. The van der Waals surface area contributed by atoms with Crippen molar-refractivity contribution in [1.29, 1.82) is 0 Å². The lowest BCUT2D eigenvalue weighted by Gasteiger charge is -2.28. The Hall–Kier alpha value is -1.02. The summed E-state index contributed by atoms with van der Waals surface area (Å²) in [7, 11) is 0. The molecule has 1 aliphatic rings. The van der Waals surface area contributed by atoms with E-state index in [0.717, 1.165) is 17.7 Å². The Bertz CT molecular complexity index is 322. The van der Waals surface area contributed by atoms with E-state index in [-0.39, 0.29) is 12.1 Å². The van der Waals surface area contributed by atoms with Gasteiger partial charge in [-0.15, -0.1) is 0 Å². The van der Waals surface area contributed by atoms with Gasteiger partial charge in [-0.25, -0.2) is 0 Å². The van der Waals surface area contributed by atoms with Gasteiger partial charge < -0.3 is 10.5 Å². The van der Waals surface area contributed by atoms with Crippen LogP contribution in [0.25, 0.3) is 0 Å². The van der Waals surface area contributed by atoms with Crippen LogP contribution in [0.3, 0.4) is 0 Å². The topological polar surface area (TPSA) is 35.2 Å². The van der Waals surface area contributed by atoms with Gasteiger partial charge in [0.2, 0.25) is 0 Å². The molecule has 2 nitrogen and oxygen atoms in total. The molecule has 0 saturated carbocycles. The molecule has 0 saturated heterocycles. The molecular weight excluding hydrogens is 162 g/mol. The van der Waals surface area contributed by atoms with E-state index in [1.54, 1.807) is 0 Å². The van der Waals surface area contributed by atoms with Gasteiger partial charge in [-0.2, -0.15) is 0 Å². The molecule has 0 aliphatic carbocycles. The van der Waals surface area contributed by atoms with Crippen molar-refractivity contribution in [2.45, 2.75) is 32.4 Å². The van der Waals surface area contributed by atoms with E-state index >= 15 is 0 Å². The minimum absolute atomic E-state index is 0.138. The van der Waals surface area contributed by atoms with Crippen molar-refractivity contribution in [3.8, 4) is 5.75 Å². The Kier molecular flexibility index (Phi) is 2.00. The molecule has 2 N–H and O–H groups in total. The van der Waals surface area contributed by atoms with Gasteiger partial charge in [0, 0.05) is 18.0 Å². The fraction of sp³-hybridized carbons (Fsp3) is 0.455. The summed E-state index contributed by atoms with van der Waals surface area (Å²) in [6, 6.07) is 6.33. The number of ether oxygens (including phenoxy) is 1. The lowest BCUT2D eigenvalue weighted by molar-refractivity contribution is 0.177. The molecule has 13 heavy (non-hydrogen) atoms. The summed E-state index contributed by atoms with van der Waals surface area (Å²) >= 11 is 0. The predicted octanol–water partition coefficient (Wildman–Crippen LogP) is 2.17. The molecule has 0 bridgehead atoms. The third kappa shape index (κ3) is 1.54. The van der Waals surface area contributed by atoms with Crippen LogP contribution in [0.4, 0.5) is 0 Å². The highest BCUT2D eigenvalue weighted by Crippen LogP contribution is 2.33. The van der Waals surface area contributed by atoms with Gasteiger partial charge in [-0.3, -0.25) is 0 Å². The maximum atomic E-state index is 6.03. The molecule has 0 radical (unpaired) electrons. The Morgan fingerprint density at radius 1 is 1.46 bits per heavy atom. The molecule has 1 aromatic rings. The summed E-state index contributed by atoms with van der Waals surface area (Å²) < 4.78 is 5.68. The highest BCUT2D eigenvalue weighted by molar-refractivity contribution is 5.40. The van der Waals surface area contributed by atoms with Crippen LogP contribution >= 0.6 is 0 Å². The monoisotopic (exact) mass is 177 g/mol. The molecule has 0 spiro atoms. The second kappa shape index (κ2) is 3.04. The fourth-order valence-corrected chi connectivity index (χ4v) is 1.81. The third-order valence-electron chi connectivity index (χ3n) is 2.48. The van der Waals surface area contributed by atoms with Gasteiger partial charge in [0.15, 0.2) is 0 Å². The van der Waals surface area contributed by atoms with Crippen LogP contribution in [0.1, 0.15) is 30.5 Å². The molecule has 70 valence electrons. The summed E-state index contributed by atoms with van der Waals surface area (Å²) in [6.45, 7) is 4.13. The van der Waals surface area contributed by atoms with Crippen molar-refractivity contribution in [1.82, 2.24) is 0 Å². The first kappa shape index (κ1) is 8.57. The molecule has 2 atom stereocenters. The SMILES string of the molecule is Cc1ccc2c(c1)C(N)CC(C)O2. The van der Waals surface area contributed by atoms with E-state index in [0.29, 0.717) is 0 Å². The largest absolute Gasteiger partial charge is 0.490 e. The second-order valence-electron chi connectivity index (χ2n) is 3.81. The molecule has 0 aromatic heterocycles. The standard InChI is InChI=1S/C11H15NO/c1-7-3-4-11-9(5-7)10(12)6-8(2)13-11/h3-5,8,10H,6,12H2,1-2H3. The molecule has 2 heteroatoms. The predicted molar refractivity (Wildman–Crippen MR) is 52.8 cm³/mol. The highest BCUT2D eigenvalue weighted by Gasteiger charge is 2.22. The average molecular weight is 177 g/mol. The summed E-state index contributed by atoms with van der Waals surface area (Å²) in [5.41, 5.74) is 8.42. The van der Waals surface area contributed by atoms with Gasteiger partial charge in [0.05, 0.1) is 6.10 Å². The van der Waals surface area contributed by atoms with E-state index < -0.39 is 0 Å². The van der Waals surface area contributed by atoms with Gasteiger partial charge in [-0.05, 0) is 19.9 Å². The molecule has 1 aliphatic heterocycles. The number of nitrogens with two attached hydrogens (primary N) is 1. The molecule has 0 fully saturated rings. The number of benzene rings is 1.